The van der Waals surface area contributed by atoms with Crippen LogP contribution in [-0.4, -0.2) is 35.2 Å². The SMILES string of the molecule is CC1CN(Cc2cc(=O)oc3cc(O)ccc23)C(C)CN1. The summed E-state index contributed by atoms with van der Waals surface area (Å²) >= 11 is 0. The molecule has 2 atom stereocenters. The average Bonchev–Trinajstić information content (AvgIpc) is 2.42. The van der Waals surface area contributed by atoms with Crippen molar-refractivity contribution in [2.75, 3.05) is 13.1 Å². The molecule has 1 aliphatic heterocycles. The fraction of sp³-hybridized carbons (Fsp3) is 0.438. The minimum atomic E-state index is -0.376. The quantitative estimate of drug-likeness (QED) is 0.823. The summed E-state index contributed by atoms with van der Waals surface area (Å²) in [5.74, 6) is 0.104. The van der Waals surface area contributed by atoms with Crippen LogP contribution in [0.1, 0.15) is 19.4 Å². The van der Waals surface area contributed by atoms with Crippen LogP contribution in [-0.2, 0) is 6.54 Å². The summed E-state index contributed by atoms with van der Waals surface area (Å²) in [6.45, 7) is 6.94. The van der Waals surface area contributed by atoms with Crippen molar-refractivity contribution in [2.24, 2.45) is 0 Å². The summed E-state index contributed by atoms with van der Waals surface area (Å²) in [7, 11) is 0. The van der Waals surface area contributed by atoms with Crippen LogP contribution in [0.4, 0.5) is 0 Å². The number of aromatic hydroxyl groups is 1. The third-order valence-electron chi connectivity index (χ3n) is 4.08. The van der Waals surface area contributed by atoms with E-state index in [2.05, 4.69) is 24.1 Å². The van der Waals surface area contributed by atoms with Crippen molar-refractivity contribution in [1.82, 2.24) is 10.2 Å². The number of phenols is 1. The minimum Gasteiger partial charge on any atom is -0.508 e. The smallest absolute Gasteiger partial charge is 0.336 e. The van der Waals surface area contributed by atoms with Gasteiger partial charge in [0.1, 0.15) is 11.3 Å². The molecule has 2 unspecified atom stereocenters. The largest absolute Gasteiger partial charge is 0.508 e. The highest BCUT2D eigenvalue weighted by atomic mass is 16.4. The Kier molecular flexibility index (Phi) is 3.69. The molecule has 1 aliphatic rings. The number of hydrogen-bond acceptors (Lipinski definition) is 5. The maximum atomic E-state index is 11.7. The Morgan fingerprint density at radius 1 is 1.38 bits per heavy atom. The van der Waals surface area contributed by atoms with Gasteiger partial charge in [0.25, 0.3) is 0 Å². The number of rotatable bonds is 2. The Hall–Kier alpha value is -1.85. The molecule has 5 heteroatoms. The highest BCUT2D eigenvalue weighted by Crippen LogP contribution is 2.23. The number of fused-ring (bicyclic) bond motifs is 1. The molecule has 1 aromatic heterocycles. The van der Waals surface area contributed by atoms with Crippen LogP contribution >= 0.6 is 0 Å². The van der Waals surface area contributed by atoms with Crippen molar-refractivity contribution >= 4 is 11.0 Å². The van der Waals surface area contributed by atoms with Crippen molar-refractivity contribution in [3.63, 3.8) is 0 Å². The molecule has 1 aromatic carbocycles. The fourth-order valence-electron chi connectivity index (χ4n) is 2.89. The molecule has 0 radical (unpaired) electrons. The van der Waals surface area contributed by atoms with Crippen molar-refractivity contribution in [3.05, 3.63) is 40.2 Å². The summed E-state index contributed by atoms with van der Waals surface area (Å²) in [5, 5.41) is 13.9. The second-order valence-corrected chi connectivity index (χ2v) is 5.86. The molecular weight excluding hydrogens is 268 g/mol. The predicted molar refractivity (Wildman–Crippen MR) is 81.5 cm³/mol. The topological polar surface area (TPSA) is 65.7 Å². The zero-order valence-corrected chi connectivity index (χ0v) is 12.3. The maximum absolute atomic E-state index is 11.7. The minimum absolute atomic E-state index is 0.104. The average molecular weight is 288 g/mol. The van der Waals surface area contributed by atoms with Gasteiger partial charge in [-0.05, 0) is 31.5 Å². The van der Waals surface area contributed by atoms with E-state index in [0.29, 0.717) is 24.2 Å². The Labute approximate surface area is 123 Å². The van der Waals surface area contributed by atoms with Gasteiger partial charge in [0.2, 0.25) is 0 Å². The van der Waals surface area contributed by atoms with Crippen LogP contribution in [0, 0.1) is 0 Å². The van der Waals surface area contributed by atoms with Gasteiger partial charge in [-0.2, -0.15) is 0 Å². The van der Waals surface area contributed by atoms with Crippen LogP contribution in [0.5, 0.6) is 5.75 Å². The van der Waals surface area contributed by atoms with E-state index in [9.17, 15) is 9.90 Å². The molecule has 3 rings (SSSR count). The lowest BCUT2D eigenvalue weighted by molar-refractivity contribution is 0.139. The van der Waals surface area contributed by atoms with Crippen LogP contribution < -0.4 is 10.9 Å². The van der Waals surface area contributed by atoms with Gasteiger partial charge < -0.3 is 14.8 Å². The number of hydrogen-bond donors (Lipinski definition) is 2. The molecule has 0 amide bonds. The van der Waals surface area contributed by atoms with Gasteiger partial charge in [0.05, 0.1) is 0 Å². The molecule has 21 heavy (non-hydrogen) atoms. The first-order valence-corrected chi connectivity index (χ1v) is 7.26. The van der Waals surface area contributed by atoms with E-state index in [1.54, 1.807) is 18.2 Å². The summed E-state index contributed by atoms with van der Waals surface area (Å²) in [6.07, 6.45) is 0. The van der Waals surface area contributed by atoms with Gasteiger partial charge in [-0.25, -0.2) is 4.79 Å². The second kappa shape index (κ2) is 5.50. The van der Waals surface area contributed by atoms with Crippen LogP contribution in [0.2, 0.25) is 0 Å². The molecule has 112 valence electrons. The van der Waals surface area contributed by atoms with Crippen LogP contribution in [0.25, 0.3) is 11.0 Å². The zero-order chi connectivity index (χ0) is 15.0. The van der Waals surface area contributed by atoms with Gasteiger partial charge in [0.15, 0.2) is 0 Å². The molecule has 0 bridgehead atoms. The summed E-state index contributed by atoms with van der Waals surface area (Å²) in [6, 6.07) is 7.33. The lowest BCUT2D eigenvalue weighted by atomic mass is 10.1. The number of nitrogens with one attached hydrogen (secondary N) is 1. The maximum Gasteiger partial charge on any atom is 0.336 e. The second-order valence-electron chi connectivity index (χ2n) is 5.86. The Bertz CT molecular complexity index is 710. The summed E-state index contributed by atoms with van der Waals surface area (Å²) in [5.41, 5.74) is 1.01. The van der Waals surface area contributed by atoms with Crippen LogP contribution in [0.15, 0.2) is 33.5 Å². The van der Waals surface area contributed by atoms with E-state index in [0.717, 1.165) is 24.0 Å². The molecule has 2 N–H and O–H groups in total. The molecule has 1 fully saturated rings. The summed E-state index contributed by atoms with van der Waals surface area (Å²) < 4.78 is 5.17. The highest BCUT2D eigenvalue weighted by molar-refractivity contribution is 5.81. The molecule has 5 nitrogen and oxygen atoms in total. The first-order valence-electron chi connectivity index (χ1n) is 7.26. The van der Waals surface area contributed by atoms with Gasteiger partial charge in [0, 0.05) is 49.2 Å². The van der Waals surface area contributed by atoms with E-state index in [4.69, 9.17) is 4.42 Å². The fourth-order valence-corrected chi connectivity index (χ4v) is 2.89. The van der Waals surface area contributed by atoms with Gasteiger partial charge >= 0.3 is 5.63 Å². The monoisotopic (exact) mass is 288 g/mol. The highest BCUT2D eigenvalue weighted by Gasteiger charge is 2.23. The summed E-state index contributed by atoms with van der Waals surface area (Å²) in [4.78, 5) is 14.1. The Morgan fingerprint density at radius 3 is 3.00 bits per heavy atom. The number of phenolic OH excluding ortho intramolecular Hbond substituents is 1. The molecule has 0 saturated carbocycles. The van der Waals surface area contributed by atoms with E-state index < -0.39 is 0 Å². The number of piperazine rings is 1. The van der Waals surface area contributed by atoms with E-state index in [1.807, 2.05) is 0 Å². The molecule has 0 spiro atoms. The lowest BCUT2D eigenvalue weighted by Gasteiger charge is -2.37. The van der Waals surface area contributed by atoms with Crippen molar-refractivity contribution in [3.8, 4) is 5.75 Å². The molecule has 0 aliphatic carbocycles. The normalized spacial score (nSPS) is 23.5. The third-order valence-corrected chi connectivity index (χ3v) is 4.08. The Morgan fingerprint density at radius 2 is 2.19 bits per heavy atom. The standard InChI is InChI=1S/C16H20N2O3/c1-10-8-18(11(2)7-17-10)9-12-5-16(20)21-15-6-13(19)3-4-14(12)15/h3-6,10-11,17,19H,7-9H2,1-2H3. The van der Waals surface area contributed by atoms with Gasteiger partial charge in [-0.15, -0.1) is 0 Å². The van der Waals surface area contributed by atoms with Crippen molar-refractivity contribution in [1.29, 1.82) is 0 Å². The molecule has 2 heterocycles. The van der Waals surface area contributed by atoms with Crippen LogP contribution in [0.3, 0.4) is 0 Å². The molecular formula is C16H20N2O3. The van der Waals surface area contributed by atoms with E-state index in [-0.39, 0.29) is 11.4 Å². The molecule has 1 saturated heterocycles. The van der Waals surface area contributed by atoms with Gasteiger partial charge in [-0.1, -0.05) is 0 Å². The zero-order valence-electron chi connectivity index (χ0n) is 12.3. The van der Waals surface area contributed by atoms with E-state index in [1.165, 1.54) is 6.07 Å². The Balaban J connectivity index is 1.98. The molecule has 2 aromatic rings. The lowest BCUT2D eigenvalue weighted by Crippen LogP contribution is -2.53. The van der Waals surface area contributed by atoms with E-state index >= 15 is 0 Å². The first-order chi connectivity index (χ1) is 10.0. The number of nitrogens with zero attached hydrogens (tertiary/aromatic N) is 1. The van der Waals surface area contributed by atoms with Crippen molar-refractivity contribution in [2.45, 2.75) is 32.5 Å². The first kappa shape index (κ1) is 14.1. The number of benzene rings is 1. The predicted octanol–water partition coefficient (Wildman–Crippen LogP) is 1.68. The third kappa shape index (κ3) is 2.94. The van der Waals surface area contributed by atoms with Crippen molar-refractivity contribution < 1.29 is 9.52 Å². The van der Waals surface area contributed by atoms with Gasteiger partial charge in [-0.3, -0.25) is 4.90 Å².